The molecule has 0 aliphatic carbocycles. The average molecular weight is 309 g/mol. The molecule has 5 heteroatoms. The number of imidazole rings is 1. The van der Waals surface area contributed by atoms with Crippen LogP contribution in [0.5, 0.6) is 0 Å². The van der Waals surface area contributed by atoms with Gasteiger partial charge in [-0.3, -0.25) is 0 Å². The highest BCUT2D eigenvalue weighted by Crippen LogP contribution is 2.22. The molecule has 0 fully saturated rings. The van der Waals surface area contributed by atoms with Crippen molar-refractivity contribution in [1.82, 2.24) is 9.55 Å². The molecule has 1 heterocycles. The van der Waals surface area contributed by atoms with Crippen molar-refractivity contribution in [2.24, 2.45) is 5.73 Å². The standard InChI is InChI=1S/C18H19N3O2/c1-2-14(19)17-20-15-5-3-4-6-16(15)21(17)11-12-7-9-13(10-8-12)18(22)23/h3-10,14H,2,11,19H2,1H3,(H,22,23). The van der Waals surface area contributed by atoms with Gasteiger partial charge in [0.1, 0.15) is 5.82 Å². The molecule has 23 heavy (non-hydrogen) atoms. The van der Waals surface area contributed by atoms with Crippen LogP contribution >= 0.6 is 0 Å². The van der Waals surface area contributed by atoms with E-state index < -0.39 is 5.97 Å². The Balaban J connectivity index is 2.02. The number of aromatic carboxylic acids is 1. The predicted molar refractivity (Wildman–Crippen MR) is 89.5 cm³/mol. The number of aromatic nitrogens is 2. The summed E-state index contributed by atoms with van der Waals surface area (Å²) >= 11 is 0. The van der Waals surface area contributed by atoms with Crippen molar-refractivity contribution >= 4 is 17.0 Å². The topological polar surface area (TPSA) is 81.1 Å². The Morgan fingerprint density at radius 3 is 2.57 bits per heavy atom. The van der Waals surface area contributed by atoms with Gasteiger partial charge in [-0.15, -0.1) is 0 Å². The second-order valence-electron chi connectivity index (χ2n) is 5.56. The first-order valence-corrected chi connectivity index (χ1v) is 7.63. The zero-order chi connectivity index (χ0) is 16.4. The zero-order valence-electron chi connectivity index (χ0n) is 12.9. The first-order valence-electron chi connectivity index (χ1n) is 7.63. The molecular weight excluding hydrogens is 290 g/mol. The highest BCUT2D eigenvalue weighted by atomic mass is 16.4. The van der Waals surface area contributed by atoms with E-state index in [1.807, 2.05) is 43.3 Å². The summed E-state index contributed by atoms with van der Waals surface area (Å²) in [4.78, 5) is 15.6. The van der Waals surface area contributed by atoms with Crippen LogP contribution in [0.2, 0.25) is 0 Å². The van der Waals surface area contributed by atoms with Gasteiger partial charge in [-0.1, -0.05) is 31.2 Å². The molecule has 1 aromatic heterocycles. The molecule has 0 saturated carbocycles. The molecule has 3 N–H and O–H groups in total. The average Bonchev–Trinajstić information content (AvgIpc) is 2.93. The fraction of sp³-hybridized carbons (Fsp3) is 0.222. The van der Waals surface area contributed by atoms with E-state index in [9.17, 15) is 4.79 Å². The van der Waals surface area contributed by atoms with E-state index in [4.69, 9.17) is 10.8 Å². The number of rotatable bonds is 5. The Kier molecular flexibility index (Phi) is 4.12. The molecule has 5 nitrogen and oxygen atoms in total. The van der Waals surface area contributed by atoms with Crippen LogP contribution in [0.3, 0.4) is 0 Å². The molecule has 1 atom stereocenters. The highest BCUT2D eigenvalue weighted by Gasteiger charge is 2.16. The van der Waals surface area contributed by atoms with E-state index in [1.54, 1.807) is 12.1 Å². The van der Waals surface area contributed by atoms with Gasteiger partial charge in [0, 0.05) is 6.54 Å². The summed E-state index contributed by atoms with van der Waals surface area (Å²) in [6.07, 6.45) is 0.807. The Labute approximate surface area is 134 Å². The van der Waals surface area contributed by atoms with Crippen molar-refractivity contribution in [3.8, 4) is 0 Å². The van der Waals surface area contributed by atoms with Crippen molar-refractivity contribution in [3.05, 3.63) is 65.5 Å². The van der Waals surface area contributed by atoms with Gasteiger partial charge in [-0.05, 0) is 36.2 Å². The largest absolute Gasteiger partial charge is 0.478 e. The number of nitrogens with zero attached hydrogens (tertiary/aromatic N) is 2. The van der Waals surface area contributed by atoms with Gasteiger partial charge in [0.25, 0.3) is 0 Å². The molecule has 0 saturated heterocycles. The van der Waals surface area contributed by atoms with Crippen molar-refractivity contribution in [2.75, 3.05) is 0 Å². The number of hydrogen-bond donors (Lipinski definition) is 2. The molecule has 0 aliphatic heterocycles. The zero-order valence-corrected chi connectivity index (χ0v) is 12.9. The third-order valence-electron chi connectivity index (χ3n) is 4.00. The van der Waals surface area contributed by atoms with Gasteiger partial charge in [0.2, 0.25) is 0 Å². The summed E-state index contributed by atoms with van der Waals surface area (Å²) in [5, 5.41) is 8.99. The van der Waals surface area contributed by atoms with Crippen LogP contribution in [0.25, 0.3) is 11.0 Å². The van der Waals surface area contributed by atoms with Crippen LogP contribution in [0.1, 0.15) is 41.1 Å². The van der Waals surface area contributed by atoms with Crippen LogP contribution in [-0.4, -0.2) is 20.6 Å². The molecule has 0 spiro atoms. The minimum absolute atomic E-state index is 0.124. The second kappa shape index (κ2) is 6.22. The molecule has 3 rings (SSSR count). The van der Waals surface area contributed by atoms with Crippen LogP contribution in [-0.2, 0) is 6.54 Å². The molecule has 1 unspecified atom stereocenters. The van der Waals surface area contributed by atoms with Crippen LogP contribution < -0.4 is 5.73 Å². The molecule has 0 amide bonds. The van der Waals surface area contributed by atoms with Crippen LogP contribution in [0, 0.1) is 0 Å². The van der Waals surface area contributed by atoms with Gasteiger partial charge < -0.3 is 15.4 Å². The highest BCUT2D eigenvalue weighted by molar-refractivity contribution is 5.87. The minimum atomic E-state index is -0.918. The second-order valence-corrected chi connectivity index (χ2v) is 5.56. The van der Waals surface area contributed by atoms with Gasteiger partial charge >= 0.3 is 5.97 Å². The van der Waals surface area contributed by atoms with E-state index in [1.165, 1.54) is 0 Å². The molecule has 0 aliphatic rings. The van der Waals surface area contributed by atoms with Crippen molar-refractivity contribution in [2.45, 2.75) is 25.9 Å². The lowest BCUT2D eigenvalue weighted by atomic mass is 10.1. The first kappa shape index (κ1) is 15.2. The summed E-state index contributed by atoms with van der Waals surface area (Å²) in [6, 6.07) is 14.7. The third kappa shape index (κ3) is 2.96. The number of fused-ring (bicyclic) bond motifs is 1. The van der Waals surface area contributed by atoms with Gasteiger partial charge in [0.05, 0.1) is 22.6 Å². The molecule has 118 valence electrons. The van der Waals surface area contributed by atoms with Gasteiger partial charge in [-0.2, -0.15) is 0 Å². The summed E-state index contributed by atoms with van der Waals surface area (Å²) in [5.41, 5.74) is 9.48. The maximum atomic E-state index is 11.0. The minimum Gasteiger partial charge on any atom is -0.478 e. The van der Waals surface area contributed by atoms with Crippen molar-refractivity contribution in [3.63, 3.8) is 0 Å². The summed E-state index contributed by atoms with van der Waals surface area (Å²) in [7, 11) is 0. The lowest BCUT2D eigenvalue weighted by Gasteiger charge is -2.13. The molecule has 2 aromatic carbocycles. The summed E-state index contributed by atoms with van der Waals surface area (Å²) in [6.45, 7) is 2.65. The van der Waals surface area contributed by atoms with Crippen LogP contribution in [0.15, 0.2) is 48.5 Å². The molecular formula is C18H19N3O2. The number of benzene rings is 2. The molecule has 0 radical (unpaired) electrons. The third-order valence-corrected chi connectivity index (χ3v) is 4.00. The first-order chi connectivity index (χ1) is 11.1. The Morgan fingerprint density at radius 2 is 1.91 bits per heavy atom. The number of carboxylic acids is 1. The van der Waals surface area contributed by atoms with E-state index in [-0.39, 0.29) is 11.6 Å². The summed E-state index contributed by atoms with van der Waals surface area (Å²) < 4.78 is 2.11. The monoisotopic (exact) mass is 309 g/mol. The quantitative estimate of drug-likeness (QED) is 0.758. The number of hydrogen-bond acceptors (Lipinski definition) is 3. The maximum absolute atomic E-state index is 11.0. The number of carboxylic acid groups (broad SMARTS) is 1. The fourth-order valence-electron chi connectivity index (χ4n) is 2.66. The normalized spacial score (nSPS) is 12.4. The number of nitrogens with two attached hydrogens (primary N) is 1. The van der Waals surface area contributed by atoms with Crippen LogP contribution in [0.4, 0.5) is 0 Å². The smallest absolute Gasteiger partial charge is 0.335 e. The fourth-order valence-corrected chi connectivity index (χ4v) is 2.66. The lowest BCUT2D eigenvalue weighted by Crippen LogP contribution is -2.16. The Bertz CT molecular complexity index is 837. The van der Waals surface area contributed by atoms with Crippen molar-refractivity contribution in [1.29, 1.82) is 0 Å². The van der Waals surface area contributed by atoms with E-state index >= 15 is 0 Å². The number of para-hydroxylation sites is 2. The summed E-state index contributed by atoms with van der Waals surface area (Å²) in [5.74, 6) is -0.0608. The Morgan fingerprint density at radius 1 is 1.22 bits per heavy atom. The maximum Gasteiger partial charge on any atom is 0.335 e. The van der Waals surface area contributed by atoms with Gasteiger partial charge in [0.15, 0.2) is 0 Å². The number of carbonyl (C=O) groups is 1. The SMILES string of the molecule is CCC(N)c1nc2ccccc2n1Cc1ccc(C(=O)O)cc1. The van der Waals surface area contributed by atoms with E-state index in [2.05, 4.69) is 9.55 Å². The lowest BCUT2D eigenvalue weighted by molar-refractivity contribution is 0.0697. The van der Waals surface area contributed by atoms with E-state index in [0.717, 1.165) is 28.8 Å². The predicted octanol–water partition coefficient (Wildman–Crippen LogP) is 3.19. The van der Waals surface area contributed by atoms with E-state index in [0.29, 0.717) is 6.54 Å². The molecule has 3 aromatic rings. The van der Waals surface area contributed by atoms with Gasteiger partial charge in [-0.25, -0.2) is 9.78 Å². The molecule has 0 bridgehead atoms. The Hall–Kier alpha value is -2.66. The van der Waals surface area contributed by atoms with Crippen molar-refractivity contribution < 1.29 is 9.90 Å².